The number of rotatable bonds is 35. The van der Waals surface area contributed by atoms with Crippen molar-refractivity contribution < 1.29 is 9.59 Å². The first kappa shape index (κ1) is 40.9. The van der Waals surface area contributed by atoms with Gasteiger partial charge in [0.2, 0.25) is 11.8 Å². The second-order valence-electron chi connectivity index (χ2n) is 13.4. The smallest absolute Gasteiger partial charge is 0.219 e. The molecule has 0 aliphatic rings. The van der Waals surface area contributed by atoms with Crippen LogP contribution in [0.1, 0.15) is 219 Å². The average molecular weight is 593 g/mol. The van der Waals surface area contributed by atoms with E-state index in [-0.39, 0.29) is 11.8 Å². The molecule has 0 radical (unpaired) electrons. The number of nitrogens with two attached hydrogens (primary N) is 1. The van der Waals surface area contributed by atoms with Gasteiger partial charge >= 0.3 is 0 Å². The van der Waals surface area contributed by atoms with Gasteiger partial charge < -0.3 is 11.1 Å². The van der Waals surface area contributed by atoms with Gasteiger partial charge in [-0.05, 0) is 25.2 Å². The van der Waals surface area contributed by atoms with Crippen LogP contribution in [0.4, 0.5) is 0 Å². The number of carbonyl (C=O) groups is 2. The second-order valence-corrected chi connectivity index (χ2v) is 13.4. The van der Waals surface area contributed by atoms with Gasteiger partial charge in [-0.1, -0.05) is 187 Å². The molecule has 0 aliphatic carbocycles. The van der Waals surface area contributed by atoms with Crippen LogP contribution in [0.25, 0.3) is 0 Å². The fraction of sp³-hybridized carbons (Fsp3) is 0.947. The van der Waals surface area contributed by atoms with Crippen molar-refractivity contribution in [1.29, 1.82) is 0 Å². The monoisotopic (exact) mass is 593 g/mol. The van der Waals surface area contributed by atoms with Gasteiger partial charge in [0.05, 0.1) is 0 Å². The fourth-order valence-electron chi connectivity index (χ4n) is 6.21. The SMILES string of the molecule is CCCCCCCCCCCCCCCCCC(=O)NCCC(CCCCCCCCCCCCCC)CCC(N)=O. The zero-order valence-electron chi connectivity index (χ0n) is 28.8. The Balaban J connectivity index is 3.66. The summed E-state index contributed by atoms with van der Waals surface area (Å²) in [7, 11) is 0. The molecule has 2 amide bonds. The molecule has 0 spiro atoms. The number of hydrogen-bond acceptors (Lipinski definition) is 2. The van der Waals surface area contributed by atoms with Crippen LogP contribution in [0.15, 0.2) is 0 Å². The molecule has 1 atom stereocenters. The summed E-state index contributed by atoms with van der Waals surface area (Å²) in [6.07, 6.45) is 40.7. The van der Waals surface area contributed by atoms with E-state index in [0.29, 0.717) is 18.8 Å². The maximum atomic E-state index is 12.3. The van der Waals surface area contributed by atoms with Gasteiger partial charge in [-0.2, -0.15) is 0 Å². The van der Waals surface area contributed by atoms with Gasteiger partial charge in [0.25, 0.3) is 0 Å². The summed E-state index contributed by atoms with van der Waals surface area (Å²) >= 11 is 0. The average Bonchev–Trinajstić information content (AvgIpc) is 2.98. The Bertz CT molecular complexity index is 565. The maximum absolute atomic E-state index is 12.3. The van der Waals surface area contributed by atoms with E-state index in [1.807, 2.05) is 0 Å². The fourth-order valence-corrected chi connectivity index (χ4v) is 6.21. The minimum absolute atomic E-state index is 0.198. The lowest BCUT2D eigenvalue weighted by atomic mass is 9.92. The largest absolute Gasteiger partial charge is 0.370 e. The summed E-state index contributed by atoms with van der Waals surface area (Å²) in [6, 6.07) is 0. The van der Waals surface area contributed by atoms with Gasteiger partial charge in [-0.3, -0.25) is 9.59 Å². The number of unbranched alkanes of at least 4 members (excludes halogenated alkanes) is 25. The zero-order valence-corrected chi connectivity index (χ0v) is 28.8. The summed E-state index contributed by atoms with van der Waals surface area (Å²) in [6.45, 7) is 5.30. The molecule has 250 valence electrons. The molecule has 0 rings (SSSR count). The Morgan fingerprint density at radius 3 is 1.19 bits per heavy atom. The van der Waals surface area contributed by atoms with E-state index in [2.05, 4.69) is 19.2 Å². The zero-order chi connectivity index (χ0) is 30.8. The number of primary amides is 1. The molecule has 4 nitrogen and oxygen atoms in total. The molecule has 0 aromatic rings. The van der Waals surface area contributed by atoms with Crippen molar-refractivity contribution in [2.75, 3.05) is 6.54 Å². The van der Waals surface area contributed by atoms with Crippen molar-refractivity contribution in [1.82, 2.24) is 5.32 Å². The van der Waals surface area contributed by atoms with E-state index in [0.717, 1.165) is 32.2 Å². The van der Waals surface area contributed by atoms with Crippen molar-refractivity contribution >= 4 is 11.8 Å². The lowest BCUT2D eigenvalue weighted by molar-refractivity contribution is -0.121. The lowest BCUT2D eigenvalue weighted by Gasteiger charge is -2.16. The van der Waals surface area contributed by atoms with Crippen molar-refractivity contribution in [2.45, 2.75) is 219 Å². The molecule has 0 heterocycles. The first-order chi connectivity index (χ1) is 20.6. The molecule has 3 N–H and O–H groups in total. The maximum Gasteiger partial charge on any atom is 0.219 e. The Morgan fingerprint density at radius 2 is 0.810 bits per heavy atom. The van der Waals surface area contributed by atoms with Crippen LogP contribution in [-0.4, -0.2) is 18.4 Å². The Hall–Kier alpha value is -1.06. The minimum Gasteiger partial charge on any atom is -0.370 e. The topological polar surface area (TPSA) is 72.2 Å². The van der Waals surface area contributed by atoms with E-state index in [9.17, 15) is 9.59 Å². The Labute approximate surface area is 263 Å². The van der Waals surface area contributed by atoms with E-state index in [1.165, 1.54) is 167 Å². The van der Waals surface area contributed by atoms with Crippen LogP contribution in [0.2, 0.25) is 0 Å². The standard InChI is InChI=1S/C38H76N2O2/c1-3-5-7-9-11-13-15-17-18-19-21-23-25-27-29-31-38(42)40-35-34-36(32-33-37(39)41)30-28-26-24-22-20-16-14-12-10-8-6-4-2/h36H,3-35H2,1-2H3,(H2,39,41)(H,40,42). The molecule has 0 aliphatic heterocycles. The number of nitrogens with one attached hydrogen (secondary N) is 1. The predicted molar refractivity (Wildman–Crippen MR) is 185 cm³/mol. The third-order valence-corrected chi connectivity index (χ3v) is 9.15. The van der Waals surface area contributed by atoms with Crippen LogP contribution in [0.3, 0.4) is 0 Å². The second kappa shape index (κ2) is 34.4. The summed E-state index contributed by atoms with van der Waals surface area (Å²) in [5, 5.41) is 3.14. The normalized spacial score (nSPS) is 12.0. The lowest BCUT2D eigenvalue weighted by Crippen LogP contribution is -2.26. The van der Waals surface area contributed by atoms with Gasteiger partial charge in [0.1, 0.15) is 0 Å². The summed E-state index contributed by atoms with van der Waals surface area (Å²) < 4.78 is 0. The van der Waals surface area contributed by atoms with Crippen LogP contribution in [-0.2, 0) is 9.59 Å². The molecule has 0 saturated heterocycles. The summed E-state index contributed by atoms with van der Waals surface area (Å²) in [4.78, 5) is 23.6. The molecule has 1 unspecified atom stereocenters. The number of hydrogen-bond donors (Lipinski definition) is 2. The van der Waals surface area contributed by atoms with Gasteiger partial charge in [-0.25, -0.2) is 0 Å². The van der Waals surface area contributed by atoms with Crippen molar-refractivity contribution in [3.05, 3.63) is 0 Å². The molecule has 0 fully saturated rings. The van der Waals surface area contributed by atoms with Crippen molar-refractivity contribution in [3.63, 3.8) is 0 Å². The molecular weight excluding hydrogens is 516 g/mol. The summed E-state index contributed by atoms with van der Waals surface area (Å²) in [5.74, 6) is 0.488. The van der Waals surface area contributed by atoms with Gasteiger partial charge in [-0.15, -0.1) is 0 Å². The Kier molecular flexibility index (Phi) is 33.6. The van der Waals surface area contributed by atoms with Crippen LogP contribution in [0, 0.1) is 5.92 Å². The Morgan fingerprint density at radius 1 is 0.452 bits per heavy atom. The van der Waals surface area contributed by atoms with E-state index in [4.69, 9.17) is 5.73 Å². The van der Waals surface area contributed by atoms with E-state index in [1.54, 1.807) is 0 Å². The molecule has 0 bridgehead atoms. The van der Waals surface area contributed by atoms with Crippen LogP contribution >= 0.6 is 0 Å². The van der Waals surface area contributed by atoms with Gasteiger partial charge in [0, 0.05) is 19.4 Å². The minimum atomic E-state index is -0.202. The van der Waals surface area contributed by atoms with Crippen molar-refractivity contribution in [2.24, 2.45) is 11.7 Å². The highest BCUT2D eigenvalue weighted by Crippen LogP contribution is 2.20. The van der Waals surface area contributed by atoms with Gasteiger partial charge in [0.15, 0.2) is 0 Å². The molecular formula is C38H76N2O2. The highest BCUT2D eigenvalue weighted by Gasteiger charge is 2.11. The highest BCUT2D eigenvalue weighted by molar-refractivity contribution is 5.75. The molecule has 0 aromatic carbocycles. The first-order valence-electron chi connectivity index (χ1n) is 19.1. The quantitative estimate of drug-likeness (QED) is 0.0718. The van der Waals surface area contributed by atoms with Crippen molar-refractivity contribution in [3.8, 4) is 0 Å². The number of carbonyl (C=O) groups excluding carboxylic acids is 2. The molecule has 0 saturated carbocycles. The van der Waals surface area contributed by atoms with E-state index >= 15 is 0 Å². The number of amides is 2. The third-order valence-electron chi connectivity index (χ3n) is 9.15. The molecule has 42 heavy (non-hydrogen) atoms. The third kappa shape index (κ3) is 33.4. The summed E-state index contributed by atoms with van der Waals surface area (Å²) in [5.41, 5.74) is 5.42. The van der Waals surface area contributed by atoms with E-state index < -0.39 is 0 Å². The first-order valence-corrected chi connectivity index (χ1v) is 19.1. The predicted octanol–water partition coefficient (Wildman–Crippen LogP) is 11.7. The highest BCUT2D eigenvalue weighted by atomic mass is 16.1. The van der Waals surface area contributed by atoms with Crippen LogP contribution in [0.5, 0.6) is 0 Å². The molecule has 0 aromatic heterocycles. The molecule has 4 heteroatoms. The van der Waals surface area contributed by atoms with Crippen LogP contribution < -0.4 is 11.1 Å².